The lowest BCUT2D eigenvalue weighted by atomic mass is 9.92. The summed E-state index contributed by atoms with van der Waals surface area (Å²) in [5, 5.41) is 0.517. The van der Waals surface area contributed by atoms with Crippen molar-refractivity contribution in [3.05, 3.63) is 20.2 Å². The molecule has 18 heavy (non-hydrogen) atoms. The first-order valence-electron chi connectivity index (χ1n) is 6.07. The number of aromatic nitrogens is 2. The van der Waals surface area contributed by atoms with Gasteiger partial charge in [-0.15, -0.1) is 0 Å². The van der Waals surface area contributed by atoms with Crippen LogP contribution in [-0.4, -0.2) is 17.1 Å². The molecule has 0 aliphatic heterocycles. The van der Waals surface area contributed by atoms with Crippen LogP contribution in [0.25, 0.3) is 0 Å². The van der Waals surface area contributed by atoms with Gasteiger partial charge in [0.2, 0.25) is 0 Å². The number of rotatable bonds is 4. The van der Waals surface area contributed by atoms with E-state index in [0.717, 1.165) is 22.1 Å². The fraction of sp³-hybridized carbons (Fsp3) is 0.692. The molecule has 0 aliphatic carbocycles. The topological polar surface area (TPSA) is 35.0 Å². The summed E-state index contributed by atoms with van der Waals surface area (Å²) in [6, 6.07) is 0. The van der Waals surface area contributed by atoms with Crippen molar-refractivity contribution in [1.82, 2.24) is 9.97 Å². The smallest absolute Gasteiger partial charge is 0.159 e. The van der Waals surface area contributed by atoms with Crippen LogP contribution in [0.2, 0.25) is 5.15 Å². The third-order valence-corrected chi connectivity index (χ3v) is 4.28. The van der Waals surface area contributed by atoms with Gasteiger partial charge < -0.3 is 4.74 Å². The predicted octanol–water partition coefficient (Wildman–Crippen LogP) is 4.52. The monoisotopic (exact) mass is 382 g/mol. The quantitative estimate of drug-likeness (QED) is 0.567. The molecule has 0 spiro atoms. The van der Waals surface area contributed by atoms with Crippen LogP contribution in [0.4, 0.5) is 0 Å². The van der Waals surface area contributed by atoms with Crippen molar-refractivity contribution < 1.29 is 4.74 Å². The first-order chi connectivity index (χ1) is 8.31. The summed E-state index contributed by atoms with van der Waals surface area (Å²) in [4.78, 5) is 9.02. The summed E-state index contributed by atoms with van der Waals surface area (Å²) in [6.45, 7) is 8.49. The first kappa shape index (κ1) is 16.1. The molecule has 1 unspecified atom stereocenters. The Hall–Kier alpha value is 0.0600. The average molecular weight is 383 g/mol. The number of ether oxygens (including phenoxy) is 1. The largest absolute Gasteiger partial charge is 0.373 e. The van der Waals surface area contributed by atoms with E-state index in [2.05, 4.69) is 60.3 Å². The van der Waals surface area contributed by atoms with Gasteiger partial charge in [0.25, 0.3) is 0 Å². The molecule has 0 bridgehead atoms. The summed E-state index contributed by atoms with van der Waals surface area (Å²) < 4.78 is 6.38. The Labute approximate surface area is 128 Å². The first-order valence-corrected chi connectivity index (χ1v) is 7.53. The molecule has 0 aliphatic rings. The maximum Gasteiger partial charge on any atom is 0.159 e. The van der Waals surface area contributed by atoms with Gasteiger partial charge in [-0.3, -0.25) is 0 Å². The Kier molecular flexibility index (Phi) is 5.80. The third kappa shape index (κ3) is 3.78. The molecule has 1 atom stereocenters. The SMILES string of the molecule is CCCC(OC)c1nc(Cl)c(I)c(C(C)(C)C)n1. The highest BCUT2D eigenvalue weighted by Gasteiger charge is 2.24. The van der Waals surface area contributed by atoms with Crippen molar-refractivity contribution in [2.24, 2.45) is 0 Å². The van der Waals surface area contributed by atoms with E-state index in [4.69, 9.17) is 16.3 Å². The van der Waals surface area contributed by atoms with E-state index < -0.39 is 0 Å². The molecule has 0 aromatic carbocycles. The minimum Gasteiger partial charge on any atom is -0.373 e. The highest BCUT2D eigenvalue weighted by molar-refractivity contribution is 14.1. The molecule has 1 aromatic heterocycles. The van der Waals surface area contributed by atoms with E-state index in [1.807, 2.05) is 0 Å². The highest BCUT2D eigenvalue weighted by Crippen LogP contribution is 2.31. The lowest BCUT2D eigenvalue weighted by molar-refractivity contribution is 0.0871. The van der Waals surface area contributed by atoms with E-state index >= 15 is 0 Å². The van der Waals surface area contributed by atoms with Crippen molar-refractivity contribution in [2.45, 2.75) is 52.1 Å². The number of hydrogen-bond acceptors (Lipinski definition) is 3. The third-order valence-electron chi connectivity index (χ3n) is 2.66. The van der Waals surface area contributed by atoms with Crippen LogP contribution in [0.1, 0.15) is 58.2 Å². The van der Waals surface area contributed by atoms with Crippen molar-refractivity contribution in [3.8, 4) is 0 Å². The maximum atomic E-state index is 6.21. The van der Waals surface area contributed by atoms with E-state index in [-0.39, 0.29) is 11.5 Å². The number of methoxy groups -OCH3 is 1. The van der Waals surface area contributed by atoms with Gasteiger partial charge in [-0.05, 0) is 29.0 Å². The fourth-order valence-corrected chi connectivity index (χ4v) is 2.92. The van der Waals surface area contributed by atoms with Gasteiger partial charge in [-0.1, -0.05) is 45.7 Å². The van der Waals surface area contributed by atoms with Gasteiger partial charge in [-0.2, -0.15) is 0 Å². The molecule has 3 nitrogen and oxygen atoms in total. The van der Waals surface area contributed by atoms with E-state index in [1.54, 1.807) is 7.11 Å². The summed E-state index contributed by atoms with van der Waals surface area (Å²) in [7, 11) is 1.69. The highest BCUT2D eigenvalue weighted by atomic mass is 127. The zero-order valence-corrected chi connectivity index (χ0v) is 14.5. The maximum absolute atomic E-state index is 6.21. The molecule has 0 saturated carbocycles. The number of nitrogens with zero attached hydrogens (tertiary/aromatic N) is 2. The summed E-state index contributed by atoms with van der Waals surface area (Å²) in [5.41, 5.74) is 0.929. The summed E-state index contributed by atoms with van der Waals surface area (Å²) in [5.74, 6) is 0.690. The minimum atomic E-state index is -0.0781. The molecule has 1 rings (SSSR count). The molecule has 0 amide bonds. The molecule has 5 heteroatoms. The Morgan fingerprint density at radius 2 is 1.94 bits per heavy atom. The molecule has 0 N–H and O–H groups in total. The van der Waals surface area contributed by atoms with Crippen LogP contribution in [0, 0.1) is 3.57 Å². The van der Waals surface area contributed by atoms with Gasteiger partial charge in [0.15, 0.2) is 5.82 Å². The standard InChI is InChI=1S/C13H20ClIN2O/c1-6-7-8(18-5)12-16-10(13(2,3)4)9(15)11(14)17-12/h8H,6-7H2,1-5H3. The molecule has 0 radical (unpaired) electrons. The molecular formula is C13H20ClIN2O. The van der Waals surface area contributed by atoms with Crippen LogP contribution >= 0.6 is 34.2 Å². The average Bonchev–Trinajstić information content (AvgIpc) is 2.28. The summed E-state index contributed by atoms with van der Waals surface area (Å²) in [6.07, 6.45) is 1.85. The Morgan fingerprint density at radius 3 is 2.39 bits per heavy atom. The Balaban J connectivity index is 3.27. The summed E-state index contributed by atoms with van der Waals surface area (Å²) >= 11 is 8.42. The van der Waals surface area contributed by atoms with Gasteiger partial charge >= 0.3 is 0 Å². The van der Waals surface area contributed by atoms with Crippen molar-refractivity contribution in [1.29, 1.82) is 0 Å². The van der Waals surface area contributed by atoms with E-state index in [1.165, 1.54) is 0 Å². The zero-order valence-electron chi connectivity index (χ0n) is 11.6. The lowest BCUT2D eigenvalue weighted by Gasteiger charge is -2.22. The second kappa shape index (κ2) is 6.48. The second-order valence-electron chi connectivity index (χ2n) is 5.30. The van der Waals surface area contributed by atoms with Gasteiger partial charge in [0.05, 0.1) is 9.26 Å². The lowest BCUT2D eigenvalue weighted by Crippen LogP contribution is -2.19. The Morgan fingerprint density at radius 1 is 1.33 bits per heavy atom. The van der Waals surface area contributed by atoms with Crippen LogP contribution in [0.5, 0.6) is 0 Å². The second-order valence-corrected chi connectivity index (χ2v) is 6.73. The van der Waals surface area contributed by atoms with Crippen molar-refractivity contribution >= 4 is 34.2 Å². The van der Waals surface area contributed by atoms with Crippen molar-refractivity contribution in [2.75, 3.05) is 7.11 Å². The van der Waals surface area contributed by atoms with E-state index in [0.29, 0.717) is 11.0 Å². The molecule has 1 heterocycles. The van der Waals surface area contributed by atoms with Crippen LogP contribution < -0.4 is 0 Å². The minimum absolute atomic E-state index is 0.0532. The van der Waals surface area contributed by atoms with Gasteiger partial charge in [0.1, 0.15) is 11.3 Å². The number of halogens is 2. The van der Waals surface area contributed by atoms with Crippen LogP contribution in [-0.2, 0) is 10.2 Å². The molecule has 1 aromatic rings. The van der Waals surface area contributed by atoms with Crippen molar-refractivity contribution in [3.63, 3.8) is 0 Å². The van der Waals surface area contributed by atoms with Gasteiger partial charge in [-0.25, -0.2) is 9.97 Å². The van der Waals surface area contributed by atoms with Crippen LogP contribution in [0.15, 0.2) is 0 Å². The normalized spacial score (nSPS) is 13.7. The number of hydrogen-bond donors (Lipinski definition) is 0. The molecule has 102 valence electrons. The zero-order chi connectivity index (χ0) is 13.9. The van der Waals surface area contributed by atoms with E-state index in [9.17, 15) is 0 Å². The molecular weight excluding hydrogens is 363 g/mol. The van der Waals surface area contributed by atoms with Gasteiger partial charge in [0, 0.05) is 12.5 Å². The molecule has 0 saturated heterocycles. The molecule has 0 fully saturated rings. The predicted molar refractivity (Wildman–Crippen MR) is 83.1 cm³/mol. The van der Waals surface area contributed by atoms with Crippen LogP contribution in [0.3, 0.4) is 0 Å². The fourth-order valence-electron chi connectivity index (χ4n) is 1.69. The Bertz CT molecular complexity index is 418.